The largest absolute Gasteiger partial charge is 0.497 e. The van der Waals surface area contributed by atoms with E-state index in [2.05, 4.69) is 32.1 Å². The first-order valence-electron chi connectivity index (χ1n) is 9.72. The Bertz CT molecular complexity index is 1080. The number of nitrogens with one attached hydrogen (secondary N) is 1. The first-order chi connectivity index (χ1) is 14.5. The van der Waals surface area contributed by atoms with Crippen LogP contribution in [0.25, 0.3) is 10.2 Å². The average molecular weight is 428 g/mol. The van der Waals surface area contributed by atoms with Crippen LogP contribution in [0.15, 0.2) is 24.5 Å². The summed E-state index contributed by atoms with van der Waals surface area (Å²) in [6, 6.07) is 5.30. The number of hydrogen-bond donors (Lipinski definition) is 1. The van der Waals surface area contributed by atoms with Crippen LogP contribution in [0.1, 0.15) is 15.2 Å². The first kappa shape index (κ1) is 20.4. The van der Waals surface area contributed by atoms with Gasteiger partial charge in [0, 0.05) is 32.2 Å². The zero-order chi connectivity index (χ0) is 21.3. The topological polar surface area (TPSA) is 79.8 Å². The summed E-state index contributed by atoms with van der Waals surface area (Å²) in [7, 11) is 5.28. The summed E-state index contributed by atoms with van der Waals surface area (Å²) in [5.41, 5.74) is 1.49. The van der Waals surface area contributed by atoms with Gasteiger partial charge in [0.05, 0.1) is 30.2 Å². The Labute approximate surface area is 179 Å². The number of fused-ring (bicyclic) bond motifs is 1. The highest BCUT2D eigenvalue weighted by Gasteiger charge is 2.24. The molecule has 1 N–H and O–H groups in total. The fourth-order valence-corrected chi connectivity index (χ4v) is 4.65. The monoisotopic (exact) mass is 427 g/mol. The molecule has 1 saturated heterocycles. The number of benzene rings is 1. The third-order valence-electron chi connectivity index (χ3n) is 5.37. The van der Waals surface area contributed by atoms with Crippen molar-refractivity contribution in [1.29, 1.82) is 0 Å². The van der Waals surface area contributed by atoms with Gasteiger partial charge >= 0.3 is 0 Å². The number of rotatable bonds is 5. The summed E-state index contributed by atoms with van der Waals surface area (Å²) in [6.07, 6.45) is 1.58. The van der Waals surface area contributed by atoms with Crippen molar-refractivity contribution in [1.82, 2.24) is 14.9 Å². The maximum Gasteiger partial charge on any atom is 0.266 e. The van der Waals surface area contributed by atoms with Crippen LogP contribution < -0.4 is 19.7 Å². The normalized spacial score (nSPS) is 14.7. The van der Waals surface area contributed by atoms with Gasteiger partial charge in [-0.25, -0.2) is 9.97 Å². The fourth-order valence-electron chi connectivity index (χ4n) is 3.61. The van der Waals surface area contributed by atoms with Gasteiger partial charge < -0.3 is 24.6 Å². The van der Waals surface area contributed by atoms with E-state index in [4.69, 9.17) is 9.47 Å². The molecule has 1 fully saturated rings. The standard InChI is InChI=1S/C21H25N5O3S/c1-13-17-19(26-9-7-25(2)8-10-26)22-12-23-21(17)30-18(13)20(27)24-15-6-5-14(28-3)11-16(15)29-4/h5-6,11-12H,7-10H2,1-4H3,(H,24,27). The minimum atomic E-state index is -0.191. The van der Waals surface area contributed by atoms with Crippen molar-refractivity contribution in [3.05, 3.63) is 35.0 Å². The SMILES string of the molecule is COc1ccc(NC(=O)c2sc3ncnc(N4CCN(C)CC4)c3c2C)c(OC)c1. The van der Waals surface area contributed by atoms with Crippen LogP contribution in [0.4, 0.5) is 11.5 Å². The molecule has 0 unspecified atom stereocenters. The van der Waals surface area contributed by atoms with Crippen molar-refractivity contribution in [2.45, 2.75) is 6.92 Å². The number of carbonyl (C=O) groups excluding carboxylic acids is 1. The van der Waals surface area contributed by atoms with Crippen LogP contribution in [-0.4, -0.2) is 68.2 Å². The number of anilines is 2. The number of thiophene rings is 1. The maximum atomic E-state index is 13.1. The third-order valence-corrected chi connectivity index (χ3v) is 6.57. The zero-order valence-electron chi connectivity index (χ0n) is 17.6. The summed E-state index contributed by atoms with van der Waals surface area (Å²) in [5.74, 6) is 1.92. The second-order valence-corrected chi connectivity index (χ2v) is 8.24. The Morgan fingerprint density at radius 3 is 2.60 bits per heavy atom. The molecule has 2 aromatic heterocycles. The van der Waals surface area contributed by atoms with Crippen molar-refractivity contribution in [3.63, 3.8) is 0 Å². The van der Waals surface area contributed by atoms with E-state index in [0.29, 0.717) is 22.1 Å². The van der Waals surface area contributed by atoms with Crippen molar-refractivity contribution in [2.24, 2.45) is 0 Å². The molecule has 9 heteroatoms. The summed E-state index contributed by atoms with van der Waals surface area (Å²) < 4.78 is 10.6. The molecule has 3 aromatic rings. The van der Waals surface area contributed by atoms with Crippen LogP contribution in [0.2, 0.25) is 0 Å². The number of likely N-dealkylation sites (N-methyl/N-ethyl adjacent to an activating group) is 1. The summed E-state index contributed by atoms with van der Waals surface area (Å²) in [5, 5.41) is 3.92. The Morgan fingerprint density at radius 1 is 1.13 bits per heavy atom. The molecule has 1 amide bonds. The highest BCUT2D eigenvalue weighted by atomic mass is 32.1. The lowest BCUT2D eigenvalue weighted by Crippen LogP contribution is -2.44. The van der Waals surface area contributed by atoms with Crippen molar-refractivity contribution >= 4 is 39.0 Å². The molecule has 158 valence electrons. The molecule has 0 bridgehead atoms. The van der Waals surface area contributed by atoms with E-state index >= 15 is 0 Å². The predicted octanol–water partition coefficient (Wildman–Crippen LogP) is 3.02. The van der Waals surface area contributed by atoms with Gasteiger partial charge in [-0.1, -0.05) is 0 Å². The lowest BCUT2D eigenvalue weighted by molar-refractivity contribution is 0.102. The van der Waals surface area contributed by atoms with Gasteiger partial charge in [0.15, 0.2) is 0 Å². The highest BCUT2D eigenvalue weighted by Crippen LogP contribution is 2.36. The van der Waals surface area contributed by atoms with E-state index in [9.17, 15) is 4.79 Å². The molecule has 30 heavy (non-hydrogen) atoms. The third kappa shape index (κ3) is 3.78. The quantitative estimate of drug-likeness (QED) is 0.670. The van der Waals surface area contributed by atoms with Crippen LogP contribution >= 0.6 is 11.3 Å². The average Bonchev–Trinajstić information content (AvgIpc) is 3.11. The number of amides is 1. The van der Waals surface area contributed by atoms with Crippen LogP contribution in [0.5, 0.6) is 11.5 Å². The van der Waals surface area contributed by atoms with Gasteiger partial charge in [0.1, 0.15) is 28.5 Å². The summed E-state index contributed by atoms with van der Waals surface area (Å²) in [4.78, 5) is 28.1. The number of hydrogen-bond acceptors (Lipinski definition) is 8. The summed E-state index contributed by atoms with van der Waals surface area (Å²) in [6.45, 7) is 5.74. The minimum Gasteiger partial charge on any atom is -0.497 e. The van der Waals surface area contributed by atoms with Crippen molar-refractivity contribution < 1.29 is 14.3 Å². The lowest BCUT2D eigenvalue weighted by Gasteiger charge is -2.33. The molecule has 4 rings (SSSR count). The number of carbonyl (C=O) groups is 1. The molecular formula is C21H25N5O3S. The second kappa shape index (κ2) is 8.45. The number of piperazine rings is 1. The second-order valence-electron chi connectivity index (χ2n) is 7.24. The number of nitrogens with zero attached hydrogens (tertiary/aromatic N) is 4. The van der Waals surface area contributed by atoms with Crippen LogP contribution in [0, 0.1) is 6.92 Å². The highest BCUT2D eigenvalue weighted by molar-refractivity contribution is 7.20. The number of aryl methyl sites for hydroxylation is 1. The van der Waals surface area contributed by atoms with E-state index in [-0.39, 0.29) is 5.91 Å². The van der Waals surface area contributed by atoms with Gasteiger partial charge in [-0.05, 0) is 31.7 Å². The maximum absolute atomic E-state index is 13.1. The van der Waals surface area contributed by atoms with Crippen molar-refractivity contribution in [3.8, 4) is 11.5 Å². The minimum absolute atomic E-state index is 0.191. The molecule has 1 aliphatic heterocycles. The lowest BCUT2D eigenvalue weighted by atomic mass is 10.1. The van der Waals surface area contributed by atoms with E-state index in [0.717, 1.165) is 47.8 Å². The van der Waals surface area contributed by atoms with E-state index < -0.39 is 0 Å². The Morgan fingerprint density at radius 2 is 1.90 bits per heavy atom. The number of ether oxygens (including phenoxy) is 2. The molecule has 0 radical (unpaired) electrons. The Kier molecular flexibility index (Phi) is 5.74. The van der Waals surface area contributed by atoms with E-state index in [1.54, 1.807) is 38.7 Å². The molecule has 8 nitrogen and oxygen atoms in total. The van der Waals surface area contributed by atoms with Gasteiger partial charge in [-0.3, -0.25) is 4.79 Å². The van der Waals surface area contributed by atoms with Gasteiger partial charge in [0.2, 0.25) is 0 Å². The zero-order valence-corrected chi connectivity index (χ0v) is 18.4. The van der Waals surface area contributed by atoms with Crippen LogP contribution in [0.3, 0.4) is 0 Å². The first-order valence-corrected chi connectivity index (χ1v) is 10.5. The fraction of sp³-hybridized carbons (Fsp3) is 0.381. The van der Waals surface area contributed by atoms with Gasteiger partial charge in [-0.2, -0.15) is 0 Å². The van der Waals surface area contributed by atoms with E-state index in [1.165, 1.54) is 11.3 Å². The molecule has 0 atom stereocenters. The molecule has 0 saturated carbocycles. The number of aromatic nitrogens is 2. The van der Waals surface area contributed by atoms with Gasteiger partial charge in [-0.15, -0.1) is 11.3 Å². The molecule has 0 aliphatic carbocycles. The smallest absolute Gasteiger partial charge is 0.266 e. The molecular weight excluding hydrogens is 402 g/mol. The number of methoxy groups -OCH3 is 2. The van der Waals surface area contributed by atoms with Crippen LogP contribution in [-0.2, 0) is 0 Å². The molecule has 1 aliphatic rings. The molecule has 1 aromatic carbocycles. The van der Waals surface area contributed by atoms with Gasteiger partial charge in [0.25, 0.3) is 5.91 Å². The van der Waals surface area contributed by atoms with Crippen molar-refractivity contribution in [2.75, 3.05) is 57.7 Å². The van der Waals surface area contributed by atoms with E-state index in [1.807, 2.05) is 6.92 Å². The Balaban J connectivity index is 1.66. The summed E-state index contributed by atoms with van der Waals surface area (Å²) >= 11 is 1.39. The Hall–Kier alpha value is -2.91. The molecule has 0 spiro atoms. The molecule has 3 heterocycles. The predicted molar refractivity (Wildman–Crippen MR) is 119 cm³/mol.